The lowest BCUT2D eigenvalue weighted by atomic mass is 11.0. The maximum atomic E-state index is 9.67. The molecule has 0 unspecified atom stereocenters. The van der Waals surface area contributed by atoms with Crippen LogP contribution in [0.4, 0.5) is 0 Å². The van der Waals surface area contributed by atoms with E-state index in [2.05, 4.69) is 9.98 Å². The molecular formula is C8H14N2O2S2. The van der Waals surface area contributed by atoms with E-state index in [0.717, 1.165) is 0 Å². The Morgan fingerprint density at radius 1 is 1.07 bits per heavy atom. The second-order valence-corrected chi connectivity index (χ2v) is 4.55. The molecule has 0 fully saturated rings. The number of isocyanates is 2. The highest BCUT2D eigenvalue weighted by atomic mass is 32.2. The van der Waals surface area contributed by atoms with Gasteiger partial charge in [-0.05, 0) is 6.92 Å². The van der Waals surface area contributed by atoms with Gasteiger partial charge in [0.2, 0.25) is 12.2 Å². The van der Waals surface area contributed by atoms with Gasteiger partial charge in [0.05, 0.1) is 16.3 Å². The Hall–Kier alpha value is -0.540. The van der Waals surface area contributed by atoms with Crippen LogP contribution in [-0.4, -0.2) is 28.5 Å². The van der Waals surface area contributed by atoms with Crippen molar-refractivity contribution in [3.63, 3.8) is 0 Å². The molecule has 0 saturated carbocycles. The number of hydrogen-bond acceptors (Lipinski definition) is 6. The van der Waals surface area contributed by atoms with E-state index in [1.807, 2.05) is 20.8 Å². The average molecular weight is 234 g/mol. The maximum absolute atomic E-state index is 9.67. The van der Waals surface area contributed by atoms with Crippen molar-refractivity contribution >= 4 is 35.7 Å². The average Bonchev–Trinajstić information content (AvgIpc) is 2.22. The van der Waals surface area contributed by atoms with E-state index in [1.54, 1.807) is 0 Å². The molecule has 0 aromatic carbocycles. The fraction of sp³-hybridized carbons (Fsp3) is 0.750. The third-order valence-electron chi connectivity index (χ3n) is 0.877. The van der Waals surface area contributed by atoms with Crippen molar-refractivity contribution in [2.24, 2.45) is 9.98 Å². The van der Waals surface area contributed by atoms with Gasteiger partial charge in [-0.2, -0.15) is 9.98 Å². The number of thioether (sulfide) groups is 2. The smallest absolute Gasteiger partial charge is 0.211 e. The van der Waals surface area contributed by atoms with Crippen LogP contribution < -0.4 is 0 Å². The SMILES string of the molecule is CC.CC(SCN=C=O)SCN=C=O. The molecule has 0 heterocycles. The topological polar surface area (TPSA) is 58.9 Å². The van der Waals surface area contributed by atoms with E-state index in [9.17, 15) is 9.59 Å². The molecule has 0 aliphatic carbocycles. The first-order chi connectivity index (χ1) is 6.81. The standard InChI is InChI=1S/C6H8N2O2S2.C2H6/c1-6(11-4-7-2-9)12-5-8-3-10;1-2/h6H,4-5H2,1H3;1-2H3. The van der Waals surface area contributed by atoms with Gasteiger partial charge in [-0.25, -0.2) is 9.59 Å². The molecule has 0 bridgehead atoms. The number of aliphatic imine (C=N–C) groups is 2. The summed E-state index contributed by atoms with van der Waals surface area (Å²) < 4.78 is 0.263. The molecule has 0 aliphatic rings. The van der Waals surface area contributed by atoms with Crippen LogP contribution in [0.25, 0.3) is 0 Å². The van der Waals surface area contributed by atoms with Crippen molar-refractivity contribution in [1.29, 1.82) is 0 Å². The second kappa shape index (κ2) is 15.0. The predicted molar refractivity (Wildman–Crippen MR) is 62.0 cm³/mol. The van der Waals surface area contributed by atoms with E-state index in [-0.39, 0.29) is 4.58 Å². The zero-order valence-electron chi connectivity index (χ0n) is 8.52. The lowest BCUT2D eigenvalue weighted by Crippen LogP contribution is -1.90. The van der Waals surface area contributed by atoms with E-state index >= 15 is 0 Å². The minimum atomic E-state index is 0.263. The van der Waals surface area contributed by atoms with Crippen LogP contribution in [0.2, 0.25) is 0 Å². The minimum absolute atomic E-state index is 0.263. The molecule has 0 aromatic rings. The Kier molecular flexibility index (Phi) is 17.0. The summed E-state index contributed by atoms with van der Waals surface area (Å²) in [4.78, 5) is 26.1. The fourth-order valence-corrected chi connectivity index (χ4v) is 1.81. The number of nitrogens with zero attached hydrogens (tertiary/aromatic N) is 2. The number of rotatable bonds is 6. The van der Waals surface area contributed by atoms with Crippen LogP contribution in [0.1, 0.15) is 20.8 Å². The van der Waals surface area contributed by atoms with Gasteiger partial charge in [-0.3, -0.25) is 0 Å². The van der Waals surface area contributed by atoms with Crippen molar-refractivity contribution in [3.8, 4) is 0 Å². The Morgan fingerprint density at radius 3 is 1.71 bits per heavy atom. The Morgan fingerprint density at radius 2 is 1.43 bits per heavy atom. The fourth-order valence-electron chi connectivity index (χ4n) is 0.385. The van der Waals surface area contributed by atoms with Crippen LogP contribution >= 0.6 is 23.5 Å². The number of carbonyl (C=O) groups excluding carboxylic acids is 2. The van der Waals surface area contributed by atoms with Crippen LogP contribution in [0.5, 0.6) is 0 Å². The molecule has 14 heavy (non-hydrogen) atoms. The van der Waals surface area contributed by atoms with Gasteiger partial charge in [-0.15, -0.1) is 23.5 Å². The monoisotopic (exact) mass is 234 g/mol. The third kappa shape index (κ3) is 14.0. The molecule has 0 saturated heterocycles. The molecule has 0 atom stereocenters. The van der Waals surface area contributed by atoms with E-state index in [1.165, 1.54) is 35.7 Å². The molecule has 0 spiro atoms. The highest BCUT2D eigenvalue weighted by Crippen LogP contribution is 2.22. The molecule has 0 aromatic heterocycles. The molecular weight excluding hydrogens is 220 g/mol. The van der Waals surface area contributed by atoms with Crippen LogP contribution in [-0.2, 0) is 9.59 Å². The van der Waals surface area contributed by atoms with Gasteiger partial charge in [-0.1, -0.05) is 13.8 Å². The highest BCUT2D eigenvalue weighted by molar-refractivity contribution is 8.16. The van der Waals surface area contributed by atoms with Gasteiger partial charge < -0.3 is 0 Å². The summed E-state index contributed by atoms with van der Waals surface area (Å²) in [7, 11) is 0. The van der Waals surface area contributed by atoms with Crippen molar-refractivity contribution in [2.75, 3.05) is 11.8 Å². The molecule has 0 rings (SSSR count). The van der Waals surface area contributed by atoms with Crippen molar-refractivity contribution in [3.05, 3.63) is 0 Å². The second-order valence-electron chi connectivity index (χ2n) is 1.66. The molecule has 0 radical (unpaired) electrons. The number of hydrogen-bond donors (Lipinski definition) is 0. The van der Waals surface area contributed by atoms with E-state index in [4.69, 9.17) is 0 Å². The summed E-state index contributed by atoms with van der Waals surface area (Å²) in [6.07, 6.45) is 2.90. The van der Waals surface area contributed by atoms with E-state index in [0.29, 0.717) is 11.8 Å². The summed E-state index contributed by atoms with van der Waals surface area (Å²) in [6.45, 7) is 5.95. The Bertz CT molecular complexity index is 189. The summed E-state index contributed by atoms with van der Waals surface area (Å²) >= 11 is 2.99. The lowest BCUT2D eigenvalue weighted by molar-refractivity contribution is 0.563. The summed E-state index contributed by atoms with van der Waals surface area (Å²) in [5.41, 5.74) is 0. The van der Waals surface area contributed by atoms with Gasteiger partial charge in [0, 0.05) is 0 Å². The Balaban J connectivity index is 0. The van der Waals surface area contributed by atoms with Gasteiger partial charge >= 0.3 is 0 Å². The van der Waals surface area contributed by atoms with Gasteiger partial charge in [0.25, 0.3) is 0 Å². The van der Waals surface area contributed by atoms with Crippen LogP contribution in [0.3, 0.4) is 0 Å². The van der Waals surface area contributed by atoms with Crippen molar-refractivity contribution in [1.82, 2.24) is 0 Å². The summed E-state index contributed by atoms with van der Waals surface area (Å²) in [6, 6.07) is 0. The zero-order chi connectivity index (χ0) is 11.2. The lowest BCUT2D eigenvalue weighted by Gasteiger charge is -2.04. The predicted octanol–water partition coefficient (Wildman–Crippen LogP) is 2.41. The van der Waals surface area contributed by atoms with Gasteiger partial charge in [0.1, 0.15) is 0 Å². The molecule has 0 amide bonds. The minimum Gasteiger partial charge on any atom is -0.211 e. The quantitative estimate of drug-likeness (QED) is 0.402. The Labute approximate surface area is 92.7 Å². The zero-order valence-corrected chi connectivity index (χ0v) is 10.2. The largest absolute Gasteiger partial charge is 0.235 e. The van der Waals surface area contributed by atoms with Crippen molar-refractivity contribution < 1.29 is 9.59 Å². The first kappa shape index (κ1) is 15.9. The van der Waals surface area contributed by atoms with Crippen LogP contribution in [0.15, 0.2) is 9.98 Å². The first-order valence-corrected chi connectivity index (χ1v) is 6.21. The molecule has 80 valence electrons. The van der Waals surface area contributed by atoms with Crippen LogP contribution in [0, 0.1) is 0 Å². The molecule has 0 aliphatic heterocycles. The summed E-state index contributed by atoms with van der Waals surface area (Å²) in [5, 5.41) is 0. The third-order valence-corrected chi connectivity index (χ3v) is 3.19. The maximum Gasteiger partial charge on any atom is 0.235 e. The molecule has 4 nitrogen and oxygen atoms in total. The highest BCUT2D eigenvalue weighted by Gasteiger charge is 2.00. The van der Waals surface area contributed by atoms with Gasteiger partial charge in [0.15, 0.2) is 0 Å². The summed E-state index contributed by atoms with van der Waals surface area (Å²) in [5.74, 6) is 0.810. The van der Waals surface area contributed by atoms with E-state index < -0.39 is 0 Å². The normalized spacial score (nSPS) is 9.93. The molecule has 0 N–H and O–H groups in total. The van der Waals surface area contributed by atoms with Crippen molar-refractivity contribution in [2.45, 2.75) is 25.4 Å². The molecule has 6 heteroatoms. The first-order valence-electron chi connectivity index (χ1n) is 4.11.